The van der Waals surface area contributed by atoms with Crippen LogP contribution in [0.25, 0.3) is 0 Å². The van der Waals surface area contributed by atoms with Crippen molar-refractivity contribution >= 4 is 0 Å². The normalized spacial score (nSPS) is 42.6. The molecule has 74 heavy (non-hydrogen) atoms. The highest BCUT2D eigenvalue weighted by atomic mass is 14.6. The molecule has 428 valence electrons. The summed E-state index contributed by atoms with van der Waals surface area (Å²) in [6, 6.07) is 0. The highest BCUT2D eigenvalue weighted by molar-refractivity contribution is 5.08. The highest BCUT2D eigenvalue weighted by Gasteiger charge is 2.57. The Kier molecular flexibility index (Phi) is 23.1. The van der Waals surface area contributed by atoms with Crippen molar-refractivity contribution in [2.24, 2.45) is 92.7 Å². The number of unbranched alkanes of at least 4 members (excludes halogenated alkanes) is 10. The minimum atomic E-state index is 0.815. The van der Waals surface area contributed by atoms with E-state index in [0.717, 1.165) is 92.7 Å². The van der Waals surface area contributed by atoms with E-state index in [1.54, 1.807) is 244 Å². The summed E-state index contributed by atoms with van der Waals surface area (Å²) in [5, 5.41) is 0. The summed E-state index contributed by atoms with van der Waals surface area (Å²) in [6.07, 6.45) is 84.1. The van der Waals surface area contributed by atoms with E-state index in [-0.39, 0.29) is 0 Å². The quantitative estimate of drug-likeness (QED) is 0.0948. The summed E-state index contributed by atoms with van der Waals surface area (Å²) >= 11 is 0. The summed E-state index contributed by atoms with van der Waals surface area (Å²) in [7, 11) is 0. The lowest BCUT2D eigenvalue weighted by Crippen LogP contribution is -2.50. The van der Waals surface area contributed by atoms with E-state index in [9.17, 15) is 0 Å². The molecule has 10 fully saturated rings. The molecule has 0 nitrogen and oxygen atoms in total. The van der Waals surface area contributed by atoms with Crippen LogP contribution < -0.4 is 0 Å². The molecule has 0 aliphatic heterocycles. The first-order chi connectivity index (χ1) is 36.2. The van der Waals surface area contributed by atoms with E-state index in [2.05, 4.69) is 27.7 Å². The van der Waals surface area contributed by atoms with Crippen LogP contribution in [0.15, 0.2) is 0 Å². The second kappa shape index (κ2) is 29.1. The van der Waals surface area contributed by atoms with Gasteiger partial charge in [-0.1, -0.05) is 195 Å². The van der Waals surface area contributed by atoms with Crippen molar-refractivity contribution in [2.45, 2.75) is 374 Å². The van der Waals surface area contributed by atoms with Gasteiger partial charge in [0.05, 0.1) is 0 Å². The van der Waals surface area contributed by atoms with Crippen molar-refractivity contribution < 1.29 is 0 Å². The fraction of sp³-hybridized carbons (Fsp3) is 1.00. The Bertz CT molecular complexity index is 1360. The molecule has 0 radical (unpaired) electrons. The number of hydrogen-bond donors (Lipinski definition) is 0. The third-order valence-electron chi connectivity index (χ3n) is 27.0. The molecular weight excluding hydrogens is 889 g/mol. The molecule has 0 aromatic rings. The Hall–Kier alpha value is 0. The first-order valence-electron chi connectivity index (χ1n) is 36.2. The third kappa shape index (κ3) is 16.1. The van der Waals surface area contributed by atoms with E-state index in [1.165, 1.54) is 103 Å². The van der Waals surface area contributed by atoms with Crippen molar-refractivity contribution in [2.75, 3.05) is 0 Å². The standard InChI is InChI=1S/C38H68.C36H64/c1-3-5-7-9-11-31-13-17-33(18-14-31)35-21-25-37(26-22-35)29-38(30-37)27-23-36(24-28-38)34-19-15-32(16-20-34)12-10-8-6-4-2;1-3-5-7-9-29-11-15-31(16-12-29)33-19-23-35(24-20-33)27-36(28-35)25-21-34(22-26-36)32-17-13-30(14-18-32)10-8-6-4-2/h31-36H,3-30H2,1-2H3;29-34H,3-28H2,1-2H3/t31-,32-,33-,34-,35?,36?,37?,38?;29-,30-,31-,32-,33?,34?,35?,36?. The maximum atomic E-state index is 2.35. The summed E-state index contributed by atoms with van der Waals surface area (Å²) in [4.78, 5) is 0. The minimum Gasteiger partial charge on any atom is -0.0654 e. The van der Waals surface area contributed by atoms with Crippen molar-refractivity contribution in [3.8, 4) is 0 Å². The molecule has 10 aliphatic rings. The van der Waals surface area contributed by atoms with Gasteiger partial charge >= 0.3 is 0 Å². The van der Waals surface area contributed by atoms with Gasteiger partial charge in [-0.3, -0.25) is 0 Å². The monoisotopic (exact) mass is 1020 g/mol. The van der Waals surface area contributed by atoms with Gasteiger partial charge in [0.2, 0.25) is 0 Å². The minimum absolute atomic E-state index is 0.815. The Morgan fingerprint density at radius 3 is 0.581 bits per heavy atom. The maximum absolute atomic E-state index is 2.35. The molecule has 0 bridgehead atoms. The molecule has 0 aromatic carbocycles. The molecule has 0 N–H and O–H groups in total. The lowest BCUT2D eigenvalue weighted by Gasteiger charge is -2.62. The van der Waals surface area contributed by atoms with E-state index in [0.29, 0.717) is 0 Å². The zero-order valence-corrected chi connectivity index (χ0v) is 51.1. The van der Waals surface area contributed by atoms with E-state index in [4.69, 9.17) is 0 Å². The van der Waals surface area contributed by atoms with Gasteiger partial charge in [0, 0.05) is 0 Å². The van der Waals surface area contributed by atoms with Crippen LogP contribution in [-0.2, 0) is 0 Å². The van der Waals surface area contributed by atoms with Gasteiger partial charge in [-0.25, -0.2) is 0 Å². The summed E-state index contributed by atoms with van der Waals surface area (Å²) < 4.78 is 0. The highest BCUT2D eigenvalue weighted by Crippen LogP contribution is 2.69. The second-order valence-corrected chi connectivity index (χ2v) is 31.9. The molecule has 10 rings (SSSR count). The summed E-state index contributed by atoms with van der Waals surface area (Å²) in [5.41, 5.74) is 3.26. The zero-order valence-electron chi connectivity index (χ0n) is 51.1. The SMILES string of the molecule is CCCCCC[C@H]1CC[C@H](C2CCC3(CC2)CC2(CCC([C@H]4CC[C@H](CCCCCC)CC4)CC2)C3)CC1.CCCCC[C@H]1CC[C@H](C2CCC3(CC2)CC2(CCC([C@H]4CC[C@H](CCCCC)CC4)CC2)C3)CC1. The average molecular weight is 1020 g/mol. The molecule has 4 spiro atoms. The van der Waals surface area contributed by atoms with Crippen LogP contribution in [-0.4, -0.2) is 0 Å². The Morgan fingerprint density at radius 1 is 0.203 bits per heavy atom. The van der Waals surface area contributed by atoms with E-state index < -0.39 is 0 Å². The molecule has 0 heteroatoms. The number of hydrogen-bond acceptors (Lipinski definition) is 0. The Labute approximate surface area is 464 Å². The first-order valence-corrected chi connectivity index (χ1v) is 36.2. The van der Waals surface area contributed by atoms with Crippen molar-refractivity contribution in [3.05, 3.63) is 0 Å². The molecule has 0 aromatic heterocycles. The van der Waals surface area contributed by atoms with Crippen LogP contribution in [0.3, 0.4) is 0 Å². The Balaban J connectivity index is 0.000000182. The first kappa shape index (κ1) is 58.6. The molecule has 0 unspecified atom stereocenters. The lowest BCUT2D eigenvalue weighted by molar-refractivity contribution is -0.109. The van der Waals surface area contributed by atoms with Crippen LogP contribution in [0.2, 0.25) is 0 Å². The summed E-state index contributed by atoms with van der Waals surface area (Å²) in [6.45, 7) is 9.39. The molecule has 0 atom stereocenters. The molecule has 10 aliphatic carbocycles. The smallest absolute Gasteiger partial charge is 0.0287 e. The van der Waals surface area contributed by atoms with Crippen molar-refractivity contribution in [1.29, 1.82) is 0 Å². The third-order valence-corrected chi connectivity index (χ3v) is 27.0. The molecule has 0 amide bonds. The lowest BCUT2D eigenvalue weighted by atomic mass is 9.43. The van der Waals surface area contributed by atoms with Crippen LogP contribution in [0.4, 0.5) is 0 Å². The van der Waals surface area contributed by atoms with Gasteiger partial charge in [-0.15, -0.1) is 0 Å². The van der Waals surface area contributed by atoms with Gasteiger partial charge in [-0.05, 0) is 272 Å². The zero-order chi connectivity index (χ0) is 51.1. The Morgan fingerprint density at radius 2 is 0.378 bits per heavy atom. The fourth-order valence-corrected chi connectivity index (χ4v) is 22.3. The number of rotatable bonds is 22. The summed E-state index contributed by atoms with van der Waals surface area (Å²) in [5.74, 6) is 13.2. The van der Waals surface area contributed by atoms with Crippen LogP contribution in [0.1, 0.15) is 374 Å². The van der Waals surface area contributed by atoms with Crippen molar-refractivity contribution in [3.63, 3.8) is 0 Å². The topological polar surface area (TPSA) is 0 Å². The van der Waals surface area contributed by atoms with E-state index >= 15 is 0 Å². The van der Waals surface area contributed by atoms with Gasteiger partial charge in [0.25, 0.3) is 0 Å². The van der Waals surface area contributed by atoms with Crippen LogP contribution in [0.5, 0.6) is 0 Å². The van der Waals surface area contributed by atoms with Gasteiger partial charge in [0.15, 0.2) is 0 Å². The predicted molar refractivity (Wildman–Crippen MR) is 324 cm³/mol. The molecule has 0 saturated heterocycles. The molecule has 0 heterocycles. The maximum Gasteiger partial charge on any atom is -0.0287 e. The second-order valence-electron chi connectivity index (χ2n) is 31.9. The van der Waals surface area contributed by atoms with Gasteiger partial charge in [-0.2, -0.15) is 0 Å². The van der Waals surface area contributed by atoms with Crippen LogP contribution in [0, 0.1) is 92.7 Å². The molecular formula is C74H132. The largest absolute Gasteiger partial charge is 0.0654 e. The predicted octanol–water partition coefficient (Wildman–Crippen LogP) is 24.6. The van der Waals surface area contributed by atoms with E-state index in [1.807, 2.05) is 0 Å². The average Bonchev–Trinajstić information content (AvgIpc) is 3.42. The van der Waals surface area contributed by atoms with Gasteiger partial charge in [0.1, 0.15) is 0 Å². The molecule has 10 saturated carbocycles. The van der Waals surface area contributed by atoms with Crippen LogP contribution >= 0.6 is 0 Å². The van der Waals surface area contributed by atoms with Gasteiger partial charge < -0.3 is 0 Å². The van der Waals surface area contributed by atoms with Crippen molar-refractivity contribution in [1.82, 2.24) is 0 Å². The fourth-order valence-electron chi connectivity index (χ4n) is 22.3.